The van der Waals surface area contributed by atoms with Crippen LogP contribution in [0, 0.1) is 0 Å². The predicted octanol–water partition coefficient (Wildman–Crippen LogP) is 1.40. The van der Waals surface area contributed by atoms with Crippen molar-refractivity contribution < 1.29 is 9.32 Å². The molecule has 0 saturated carbocycles. The number of carbonyl (C=O) groups is 1. The molecule has 12 heavy (non-hydrogen) atoms. The van der Waals surface area contributed by atoms with Crippen molar-refractivity contribution in [2.75, 3.05) is 5.32 Å². The fourth-order valence-corrected chi connectivity index (χ4v) is 1.02. The van der Waals surface area contributed by atoms with E-state index in [4.69, 9.17) is 4.52 Å². The first-order chi connectivity index (χ1) is 5.90. The number of anilines is 1. The van der Waals surface area contributed by atoms with Gasteiger partial charge in [0.1, 0.15) is 0 Å². The summed E-state index contributed by atoms with van der Waals surface area (Å²) in [4.78, 5) is 10.1. The number of carbonyl (C=O) groups excluding carboxylic acids is 1. The third-order valence-corrected chi connectivity index (χ3v) is 1.58. The molecule has 0 aliphatic carbocycles. The number of rotatable bonds is 2. The lowest BCUT2D eigenvalue weighted by atomic mass is 10.2. The maximum Gasteiger partial charge on any atom is 0.211 e. The molecular weight excluding hydrogens is 156 g/mol. The van der Waals surface area contributed by atoms with Crippen LogP contribution in [0.2, 0.25) is 0 Å². The highest BCUT2D eigenvalue weighted by Crippen LogP contribution is 2.17. The molecule has 0 bridgehead atoms. The van der Waals surface area contributed by atoms with Gasteiger partial charge < -0.3 is 9.84 Å². The van der Waals surface area contributed by atoms with Crippen LogP contribution in [-0.2, 0) is 4.79 Å². The molecule has 0 aliphatic rings. The van der Waals surface area contributed by atoms with Gasteiger partial charge in [-0.25, -0.2) is 0 Å². The standard InChI is InChI=1S/C8H6N2O2/c11-5-9-7-2-1-6-4-10-12-8(6)3-7/h1-5H,(H,9,11). The molecule has 2 rings (SSSR count). The molecule has 1 N–H and O–H groups in total. The number of nitrogens with zero attached hydrogens (tertiary/aromatic N) is 1. The molecule has 0 spiro atoms. The molecule has 2 aromatic rings. The molecule has 60 valence electrons. The van der Waals surface area contributed by atoms with Crippen molar-refractivity contribution >= 4 is 23.1 Å². The Labute approximate surface area is 68.2 Å². The van der Waals surface area contributed by atoms with Crippen LogP contribution < -0.4 is 5.32 Å². The molecule has 1 aromatic heterocycles. The number of hydrogen-bond acceptors (Lipinski definition) is 3. The van der Waals surface area contributed by atoms with Crippen LogP contribution in [0.3, 0.4) is 0 Å². The van der Waals surface area contributed by atoms with Gasteiger partial charge in [-0.1, -0.05) is 5.16 Å². The minimum atomic E-state index is 0.623. The lowest BCUT2D eigenvalue weighted by Gasteiger charge is -1.95. The summed E-state index contributed by atoms with van der Waals surface area (Å²) in [5.41, 5.74) is 1.37. The predicted molar refractivity (Wildman–Crippen MR) is 43.7 cm³/mol. The van der Waals surface area contributed by atoms with E-state index in [1.54, 1.807) is 18.3 Å². The van der Waals surface area contributed by atoms with E-state index < -0.39 is 0 Å². The highest BCUT2D eigenvalue weighted by Gasteiger charge is 1.98. The normalized spacial score (nSPS) is 10.0. The smallest absolute Gasteiger partial charge is 0.211 e. The Morgan fingerprint density at radius 2 is 2.42 bits per heavy atom. The molecule has 0 aliphatic heterocycles. The van der Waals surface area contributed by atoms with E-state index in [9.17, 15) is 4.79 Å². The van der Waals surface area contributed by atoms with Crippen LogP contribution >= 0.6 is 0 Å². The van der Waals surface area contributed by atoms with E-state index in [-0.39, 0.29) is 0 Å². The summed E-state index contributed by atoms with van der Waals surface area (Å²) in [6.45, 7) is 0. The second-order valence-electron chi connectivity index (χ2n) is 2.34. The summed E-state index contributed by atoms with van der Waals surface area (Å²) in [5.74, 6) is 0. The zero-order valence-electron chi connectivity index (χ0n) is 6.15. The third kappa shape index (κ3) is 1.03. The van der Waals surface area contributed by atoms with Crippen molar-refractivity contribution in [2.45, 2.75) is 0 Å². The lowest BCUT2D eigenvalue weighted by Crippen LogP contribution is -1.92. The number of benzene rings is 1. The number of amides is 1. The van der Waals surface area contributed by atoms with E-state index in [1.807, 2.05) is 6.07 Å². The average Bonchev–Trinajstić information content (AvgIpc) is 2.51. The molecule has 0 radical (unpaired) electrons. The first-order valence-electron chi connectivity index (χ1n) is 3.45. The van der Waals surface area contributed by atoms with Gasteiger partial charge in [0.2, 0.25) is 6.41 Å². The summed E-state index contributed by atoms with van der Waals surface area (Å²) in [5, 5.41) is 7.06. The highest BCUT2D eigenvalue weighted by atomic mass is 16.5. The number of aromatic nitrogens is 1. The minimum Gasteiger partial charge on any atom is -0.356 e. The quantitative estimate of drug-likeness (QED) is 0.679. The van der Waals surface area contributed by atoms with Crippen molar-refractivity contribution in [2.24, 2.45) is 0 Å². The molecule has 0 saturated heterocycles. The first-order valence-corrected chi connectivity index (χ1v) is 3.45. The average molecular weight is 162 g/mol. The van der Waals surface area contributed by atoms with Crippen molar-refractivity contribution in [3.63, 3.8) is 0 Å². The van der Waals surface area contributed by atoms with Gasteiger partial charge in [-0.2, -0.15) is 0 Å². The van der Waals surface area contributed by atoms with Gasteiger partial charge in [0.15, 0.2) is 5.58 Å². The van der Waals surface area contributed by atoms with E-state index in [0.717, 1.165) is 5.39 Å². The Hall–Kier alpha value is -1.84. The van der Waals surface area contributed by atoms with Crippen LogP contribution in [0.15, 0.2) is 28.9 Å². The Kier molecular flexibility index (Phi) is 1.51. The third-order valence-electron chi connectivity index (χ3n) is 1.58. The molecule has 4 nitrogen and oxygen atoms in total. The molecule has 1 amide bonds. The fourth-order valence-electron chi connectivity index (χ4n) is 1.02. The van der Waals surface area contributed by atoms with E-state index >= 15 is 0 Å². The van der Waals surface area contributed by atoms with Crippen LogP contribution in [0.5, 0.6) is 0 Å². The molecule has 1 heterocycles. The van der Waals surface area contributed by atoms with Crippen molar-refractivity contribution in [3.8, 4) is 0 Å². The van der Waals surface area contributed by atoms with Gasteiger partial charge in [0.25, 0.3) is 0 Å². The van der Waals surface area contributed by atoms with Crippen molar-refractivity contribution in [3.05, 3.63) is 24.4 Å². The van der Waals surface area contributed by atoms with E-state index in [1.165, 1.54) is 0 Å². The summed E-state index contributed by atoms with van der Waals surface area (Å²) in [6.07, 6.45) is 2.25. The van der Waals surface area contributed by atoms with Gasteiger partial charge in [-0.3, -0.25) is 4.79 Å². The molecular formula is C8H6N2O2. The van der Waals surface area contributed by atoms with Gasteiger partial charge in [0.05, 0.1) is 6.20 Å². The Bertz CT molecular complexity index is 408. The SMILES string of the molecule is O=CNc1ccc2cnoc2c1. The van der Waals surface area contributed by atoms with Crippen LogP contribution in [0.4, 0.5) is 5.69 Å². The molecule has 0 atom stereocenters. The largest absolute Gasteiger partial charge is 0.356 e. The summed E-state index contributed by atoms with van der Waals surface area (Å²) >= 11 is 0. The van der Waals surface area contributed by atoms with Crippen LogP contribution in [0.25, 0.3) is 11.0 Å². The molecule has 0 unspecified atom stereocenters. The number of hydrogen-bond donors (Lipinski definition) is 1. The Morgan fingerprint density at radius 3 is 3.25 bits per heavy atom. The van der Waals surface area contributed by atoms with E-state index in [0.29, 0.717) is 17.7 Å². The molecule has 4 heteroatoms. The zero-order valence-corrected chi connectivity index (χ0v) is 6.15. The molecule has 0 fully saturated rings. The summed E-state index contributed by atoms with van der Waals surface area (Å²) in [6, 6.07) is 5.34. The van der Waals surface area contributed by atoms with Gasteiger partial charge in [0, 0.05) is 17.1 Å². The first kappa shape index (κ1) is 6.84. The topological polar surface area (TPSA) is 55.1 Å². The number of nitrogens with one attached hydrogen (secondary N) is 1. The van der Waals surface area contributed by atoms with Gasteiger partial charge in [-0.05, 0) is 12.1 Å². The second-order valence-corrected chi connectivity index (χ2v) is 2.34. The van der Waals surface area contributed by atoms with Gasteiger partial charge in [-0.15, -0.1) is 0 Å². The van der Waals surface area contributed by atoms with Crippen molar-refractivity contribution in [1.29, 1.82) is 0 Å². The van der Waals surface area contributed by atoms with Gasteiger partial charge >= 0.3 is 0 Å². The maximum absolute atomic E-state index is 10.1. The maximum atomic E-state index is 10.1. The minimum absolute atomic E-state index is 0.623. The van der Waals surface area contributed by atoms with Crippen LogP contribution in [0.1, 0.15) is 0 Å². The van der Waals surface area contributed by atoms with Crippen LogP contribution in [-0.4, -0.2) is 11.6 Å². The van der Waals surface area contributed by atoms with E-state index in [2.05, 4.69) is 10.5 Å². The Balaban J connectivity index is 2.52. The fraction of sp³-hybridized carbons (Fsp3) is 0. The summed E-state index contributed by atoms with van der Waals surface area (Å²) < 4.78 is 4.90. The summed E-state index contributed by atoms with van der Waals surface area (Å²) in [7, 11) is 0. The zero-order chi connectivity index (χ0) is 8.39. The molecule has 1 aromatic carbocycles. The highest BCUT2D eigenvalue weighted by molar-refractivity contribution is 5.83. The number of fused-ring (bicyclic) bond motifs is 1. The monoisotopic (exact) mass is 162 g/mol. The lowest BCUT2D eigenvalue weighted by molar-refractivity contribution is -0.105. The second kappa shape index (κ2) is 2.65. The Morgan fingerprint density at radius 1 is 1.50 bits per heavy atom. The van der Waals surface area contributed by atoms with Crippen molar-refractivity contribution in [1.82, 2.24) is 5.16 Å².